The average Bonchev–Trinajstić information content (AvgIpc) is 2.65. The maximum absolute atomic E-state index is 12.2. The van der Waals surface area contributed by atoms with E-state index in [9.17, 15) is 22.8 Å². The van der Waals surface area contributed by atoms with Gasteiger partial charge in [-0.15, -0.1) is 0 Å². The minimum Gasteiger partial charge on any atom is -0.452 e. The van der Waals surface area contributed by atoms with Gasteiger partial charge in [0, 0.05) is 12.6 Å². The molecule has 10 heteroatoms. The van der Waals surface area contributed by atoms with Crippen LogP contribution in [-0.4, -0.2) is 51.4 Å². The molecule has 0 spiro atoms. The quantitative estimate of drug-likeness (QED) is 0.481. The van der Waals surface area contributed by atoms with Gasteiger partial charge in [-0.25, -0.2) is 17.9 Å². The minimum absolute atomic E-state index is 0.0258. The largest absolute Gasteiger partial charge is 0.452 e. The van der Waals surface area contributed by atoms with Crippen LogP contribution in [0, 0.1) is 0 Å². The van der Waals surface area contributed by atoms with Crippen molar-refractivity contribution < 1.29 is 27.5 Å². The van der Waals surface area contributed by atoms with Crippen molar-refractivity contribution in [2.24, 2.45) is 0 Å². The summed E-state index contributed by atoms with van der Waals surface area (Å²) in [5.41, 5.74) is 0.104. The van der Waals surface area contributed by atoms with Crippen LogP contribution in [0.2, 0.25) is 0 Å². The van der Waals surface area contributed by atoms with Gasteiger partial charge in [0.15, 0.2) is 6.61 Å². The second-order valence-corrected chi connectivity index (χ2v) is 7.93. The van der Waals surface area contributed by atoms with E-state index in [-0.39, 0.29) is 22.4 Å². The standard InChI is InChI=1S/C18H27N3O6S/c1-5-12(3)21-28(25,26)15-9-7-14(8-10-15)18(24)27-11-16(22)20-13(4)17(23)19-6-2/h7-10,12-13,21H,5-6,11H2,1-4H3,(H,19,23)(H,20,22)/t12-,13-/m1/s1. The Hall–Kier alpha value is -2.46. The van der Waals surface area contributed by atoms with Crippen LogP contribution < -0.4 is 15.4 Å². The lowest BCUT2D eigenvalue weighted by atomic mass is 10.2. The van der Waals surface area contributed by atoms with Gasteiger partial charge in [-0.05, 0) is 51.5 Å². The SMILES string of the molecule is CCNC(=O)[C@@H](C)NC(=O)COC(=O)c1ccc(S(=O)(=O)N[C@H](C)CC)cc1. The van der Waals surface area contributed by atoms with Crippen molar-refractivity contribution in [2.45, 2.75) is 51.1 Å². The second-order valence-electron chi connectivity index (χ2n) is 6.21. The van der Waals surface area contributed by atoms with Crippen LogP contribution in [0.1, 0.15) is 44.5 Å². The third kappa shape index (κ3) is 7.28. The van der Waals surface area contributed by atoms with E-state index in [0.29, 0.717) is 13.0 Å². The normalized spacial score (nSPS) is 13.3. The monoisotopic (exact) mass is 413 g/mol. The molecular formula is C18H27N3O6S. The molecule has 1 aromatic carbocycles. The molecule has 0 aromatic heterocycles. The number of likely N-dealkylation sites (N-methyl/N-ethyl adjacent to an activating group) is 1. The molecule has 0 aliphatic rings. The number of hydrogen-bond acceptors (Lipinski definition) is 6. The Morgan fingerprint density at radius 3 is 2.21 bits per heavy atom. The van der Waals surface area contributed by atoms with Crippen LogP contribution in [0.5, 0.6) is 0 Å². The molecule has 0 bridgehead atoms. The number of carbonyl (C=O) groups excluding carboxylic acids is 3. The van der Waals surface area contributed by atoms with Crippen LogP contribution in [0.15, 0.2) is 29.2 Å². The summed E-state index contributed by atoms with van der Waals surface area (Å²) in [5.74, 6) is -1.74. The topological polar surface area (TPSA) is 131 Å². The van der Waals surface area contributed by atoms with Crippen molar-refractivity contribution in [1.29, 1.82) is 0 Å². The zero-order chi connectivity index (χ0) is 21.3. The van der Waals surface area contributed by atoms with Gasteiger partial charge in [0.2, 0.25) is 15.9 Å². The summed E-state index contributed by atoms with van der Waals surface area (Å²) in [7, 11) is -3.67. The van der Waals surface area contributed by atoms with E-state index in [0.717, 1.165) is 0 Å². The molecule has 0 aliphatic heterocycles. The number of hydrogen-bond donors (Lipinski definition) is 3. The van der Waals surface area contributed by atoms with Crippen LogP contribution >= 0.6 is 0 Å². The van der Waals surface area contributed by atoms with Gasteiger partial charge in [0.05, 0.1) is 10.5 Å². The number of esters is 1. The third-order valence-corrected chi connectivity index (χ3v) is 5.43. The average molecular weight is 413 g/mol. The molecule has 0 radical (unpaired) electrons. The number of sulfonamides is 1. The Balaban J connectivity index is 2.62. The molecule has 3 N–H and O–H groups in total. The van der Waals surface area contributed by atoms with Crippen LogP contribution in [0.4, 0.5) is 0 Å². The molecule has 0 aliphatic carbocycles. The predicted octanol–water partition coefficient (Wildman–Crippen LogP) is 0.561. The third-order valence-electron chi connectivity index (χ3n) is 3.83. The van der Waals surface area contributed by atoms with Crippen molar-refractivity contribution in [3.8, 4) is 0 Å². The first-order valence-electron chi connectivity index (χ1n) is 8.97. The fraction of sp³-hybridized carbons (Fsp3) is 0.500. The lowest BCUT2D eigenvalue weighted by Gasteiger charge is -2.13. The van der Waals surface area contributed by atoms with E-state index in [2.05, 4.69) is 15.4 Å². The molecule has 1 rings (SSSR count). The van der Waals surface area contributed by atoms with Gasteiger partial charge in [-0.1, -0.05) is 6.92 Å². The van der Waals surface area contributed by atoms with E-state index < -0.39 is 34.5 Å². The smallest absolute Gasteiger partial charge is 0.338 e. The lowest BCUT2D eigenvalue weighted by Crippen LogP contribution is -2.46. The molecule has 28 heavy (non-hydrogen) atoms. The molecule has 2 amide bonds. The number of ether oxygens (including phenoxy) is 1. The highest BCUT2D eigenvalue weighted by molar-refractivity contribution is 7.89. The summed E-state index contributed by atoms with van der Waals surface area (Å²) < 4.78 is 31.8. The number of rotatable bonds is 10. The van der Waals surface area contributed by atoms with Crippen molar-refractivity contribution >= 4 is 27.8 Å². The highest BCUT2D eigenvalue weighted by Gasteiger charge is 2.19. The maximum atomic E-state index is 12.2. The van der Waals surface area contributed by atoms with Gasteiger partial charge in [-0.2, -0.15) is 0 Å². The van der Waals surface area contributed by atoms with E-state index in [4.69, 9.17) is 4.74 Å². The highest BCUT2D eigenvalue weighted by Crippen LogP contribution is 2.12. The zero-order valence-electron chi connectivity index (χ0n) is 16.4. The number of benzene rings is 1. The Morgan fingerprint density at radius 2 is 1.68 bits per heavy atom. The summed E-state index contributed by atoms with van der Waals surface area (Å²) in [6.45, 7) is 6.76. The molecule has 1 aromatic rings. The first-order chi connectivity index (χ1) is 13.1. The van der Waals surface area contributed by atoms with Crippen LogP contribution in [0.3, 0.4) is 0 Å². The van der Waals surface area contributed by atoms with Crippen LogP contribution in [-0.2, 0) is 24.3 Å². The van der Waals surface area contributed by atoms with Crippen molar-refractivity contribution in [3.63, 3.8) is 0 Å². The van der Waals surface area contributed by atoms with E-state index in [1.807, 2.05) is 6.92 Å². The van der Waals surface area contributed by atoms with Crippen molar-refractivity contribution in [1.82, 2.24) is 15.4 Å². The van der Waals surface area contributed by atoms with E-state index >= 15 is 0 Å². The molecule has 156 valence electrons. The van der Waals surface area contributed by atoms with Gasteiger partial charge in [-0.3, -0.25) is 9.59 Å². The Morgan fingerprint density at radius 1 is 1.07 bits per heavy atom. The van der Waals surface area contributed by atoms with Gasteiger partial charge >= 0.3 is 5.97 Å². The van der Waals surface area contributed by atoms with Gasteiger partial charge in [0.1, 0.15) is 6.04 Å². The van der Waals surface area contributed by atoms with Gasteiger partial charge in [0.25, 0.3) is 5.91 Å². The van der Waals surface area contributed by atoms with Crippen molar-refractivity contribution in [3.05, 3.63) is 29.8 Å². The zero-order valence-corrected chi connectivity index (χ0v) is 17.3. The number of carbonyl (C=O) groups is 3. The number of nitrogens with one attached hydrogen (secondary N) is 3. The fourth-order valence-corrected chi connectivity index (χ4v) is 3.40. The molecule has 0 saturated heterocycles. The number of amides is 2. The maximum Gasteiger partial charge on any atom is 0.338 e. The van der Waals surface area contributed by atoms with Crippen molar-refractivity contribution in [2.75, 3.05) is 13.2 Å². The Bertz CT molecular complexity index is 792. The van der Waals surface area contributed by atoms with Crippen LogP contribution in [0.25, 0.3) is 0 Å². The second kappa shape index (κ2) is 10.8. The summed E-state index contributed by atoms with van der Waals surface area (Å²) in [4.78, 5) is 35.3. The first kappa shape index (κ1) is 23.6. The first-order valence-corrected chi connectivity index (χ1v) is 10.5. The molecule has 2 atom stereocenters. The Labute approximate surface area is 165 Å². The van der Waals surface area contributed by atoms with E-state index in [1.54, 1.807) is 13.8 Å². The van der Waals surface area contributed by atoms with E-state index in [1.165, 1.54) is 31.2 Å². The molecule has 0 saturated carbocycles. The molecule has 0 fully saturated rings. The molecule has 0 unspecified atom stereocenters. The fourth-order valence-electron chi connectivity index (χ4n) is 2.08. The highest BCUT2D eigenvalue weighted by atomic mass is 32.2. The van der Waals surface area contributed by atoms with Gasteiger partial charge < -0.3 is 15.4 Å². The Kier molecular flexibility index (Phi) is 9.07. The lowest BCUT2D eigenvalue weighted by molar-refractivity contribution is -0.130. The predicted molar refractivity (Wildman–Crippen MR) is 103 cm³/mol. The molecule has 9 nitrogen and oxygen atoms in total. The summed E-state index contributed by atoms with van der Waals surface area (Å²) in [6, 6.07) is 4.23. The summed E-state index contributed by atoms with van der Waals surface area (Å²) in [5, 5.41) is 4.97. The minimum atomic E-state index is -3.67. The molecule has 0 heterocycles. The summed E-state index contributed by atoms with van der Waals surface area (Å²) in [6.07, 6.45) is 0.643. The summed E-state index contributed by atoms with van der Waals surface area (Å²) >= 11 is 0. The molecular weight excluding hydrogens is 386 g/mol.